The Balaban J connectivity index is 2.98. The number of thiophene rings is 1. The number of carbonyl (C=O) groups is 1. The van der Waals surface area contributed by atoms with Gasteiger partial charge in [0.15, 0.2) is 0 Å². The molecule has 0 unspecified atom stereocenters. The molecule has 1 rings (SSSR count). The van der Waals surface area contributed by atoms with E-state index < -0.39 is 16.0 Å². The molecule has 0 aliphatic rings. The summed E-state index contributed by atoms with van der Waals surface area (Å²) in [6.07, 6.45) is 0. The van der Waals surface area contributed by atoms with E-state index in [-0.39, 0.29) is 19.0 Å². The molecule has 0 bridgehead atoms. The molecule has 21 heavy (non-hydrogen) atoms. The summed E-state index contributed by atoms with van der Waals surface area (Å²) in [4.78, 5) is 12.8. The van der Waals surface area contributed by atoms with E-state index in [1.807, 2.05) is 6.92 Å². The molecule has 1 heterocycles. The van der Waals surface area contributed by atoms with Gasteiger partial charge in [-0.3, -0.25) is 4.72 Å². The van der Waals surface area contributed by atoms with Crippen molar-refractivity contribution in [2.75, 3.05) is 30.3 Å². The molecule has 1 aromatic rings. The highest BCUT2D eigenvalue weighted by Crippen LogP contribution is 2.33. The van der Waals surface area contributed by atoms with Gasteiger partial charge in [-0.05, 0) is 33.3 Å². The zero-order valence-electron chi connectivity index (χ0n) is 12.7. The maximum absolute atomic E-state index is 12.0. The summed E-state index contributed by atoms with van der Waals surface area (Å²) >= 11 is 1.23. The molecule has 0 atom stereocenters. The Morgan fingerprint density at radius 1 is 1.24 bits per heavy atom. The minimum Gasteiger partial charge on any atom is -0.462 e. The van der Waals surface area contributed by atoms with Crippen LogP contribution in [0.1, 0.15) is 34.6 Å². The van der Waals surface area contributed by atoms with Gasteiger partial charge >= 0.3 is 5.97 Å². The molecule has 0 aliphatic carbocycles. The van der Waals surface area contributed by atoms with E-state index in [1.165, 1.54) is 11.3 Å². The van der Waals surface area contributed by atoms with E-state index in [2.05, 4.69) is 4.72 Å². The fourth-order valence-corrected chi connectivity index (χ4v) is 3.92. The van der Waals surface area contributed by atoms with Crippen molar-refractivity contribution in [3.63, 3.8) is 0 Å². The summed E-state index contributed by atoms with van der Waals surface area (Å²) in [6.45, 7) is 7.93. The van der Waals surface area contributed by atoms with Crippen LogP contribution in [0.4, 0.5) is 5.00 Å². The van der Waals surface area contributed by atoms with E-state index in [0.717, 1.165) is 10.4 Å². The van der Waals surface area contributed by atoms with Crippen LogP contribution in [0.5, 0.6) is 0 Å². The largest absolute Gasteiger partial charge is 0.462 e. The monoisotopic (exact) mass is 335 g/mol. The molecule has 0 aromatic carbocycles. The number of sulfonamides is 1. The van der Waals surface area contributed by atoms with Crippen molar-refractivity contribution >= 4 is 32.3 Å². The average molecular weight is 335 g/mol. The number of hydrogen-bond acceptors (Lipinski definition) is 6. The summed E-state index contributed by atoms with van der Waals surface area (Å²) < 4.78 is 36.5. The molecule has 1 N–H and O–H groups in total. The zero-order valence-corrected chi connectivity index (χ0v) is 14.3. The topological polar surface area (TPSA) is 81.7 Å². The molecule has 0 fully saturated rings. The standard InChI is InChI=1S/C13H21NO5S2/c1-5-18-7-8-21(16,17)14-12-11(13(15)19-6-2)9(3)10(4)20-12/h14H,5-8H2,1-4H3. The molecule has 0 aliphatic heterocycles. The molecule has 0 radical (unpaired) electrons. The lowest BCUT2D eigenvalue weighted by Gasteiger charge is -2.09. The lowest BCUT2D eigenvalue weighted by Crippen LogP contribution is -2.21. The summed E-state index contributed by atoms with van der Waals surface area (Å²) in [5, 5.41) is 0.306. The quantitative estimate of drug-likeness (QED) is 0.582. The first-order valence-electron chi connectivity index (χ1n) is 6.67. The Morgan fingerprint density at radius 3 is 2.48 bits per heavy atom. The highest BCUT2D eigenvalue weighted by molar-refractivity contribution is 7.92. The van der Waals surface area contributed by atoms with Crippen LogP contribution in [0.2, 0.25) is 0 Å². The fourth-order valence-electron chi connectivity index (χ4n) is 1.65. The van der Waals surface area contributed by atoms with Crippen molar-refractivity contribution in [2.45, 2.75) is 27.7 Å². The third-order valence-corrected chi connectivity index (χ3v) is 5.28. The molecule has 1 aromatic heterocycles. The van der Waals surface area contributed by atoms with Crippen LogP contribution in [-0.4, -0.2) is 40.0 Å². The Bertz CT molecular complexity index is 592. The van der Waals surface area contributed by atoms with Crippen molar-refractivity contribution in [3.05, 3.63) is 16.0 Å². The van der Waals surface area contributed by atoms with Crippen LogP contribution in [0.25, 0.3) is 0 Å². The normalized spacial score (nSPS) is 11.4. The van der Waals surface area contributed by atoms with Crippen molar-refractivity contribution in [3.8, 4) is 0 Å². The molecule has 8 heteroatoms. The second-order valence-electron chi connectivity index (χ2n) is 4.33. The van der Waals surface area contributed by atoms with Crippen molar-refractivity contribution < 1.29 is 22.7 Å². The number of esters is 1. The highest BCUT2D eigenvalue weighted by atomic mass is 32.2. The van der Waals surface area contributed by atoms with Gasteiger partial charge in [0.05, 0.1) is 24.5 Å². The Kier molecular flexibility index (Phi) is 6.63. The maximum Gasteiger partial charge on any atom is 0.341 e. The van der Waals surface area contributed by atoms with Crippen LogP contribution in [0.3, 0.4) is 0 Å². The minimum atomic E-state index is -3.55. The van der Waals surface area contributed by atoms with Gasteiger partial charge in [-0.2, -0.15) is 0 Å². The molecule has 0 saturated heterocycles. The number of ether oxygens (including phenoxy) is 2. The SMILES string of the molecule is CCOCCS(=O)(=O)Nc1sc(C)c(C)c1C(=O)OCC. The number of aryl methyl sites for hydroxylation is 1. The van der Waals surface area contributed by atoms with Crippen LogP contribution in [-0.2, 0) is 19.5 Å². The molecule has 0 spiro atoms. The van der Waals surface area contributed by atoms with Crippen molar-refractivity contribution in [1.29, 1.82) is 0 Å². The Hall–Kier alpha value is -1.12. The van der Waals surface area contributed by atoms with E-state index in [4.69, 9.17) is 9.47 Å². The van der Waals surface area contributed by atoms with Gasteiger partial charge in [0.1, 0.15) is 5.00 Å². The van der Waals surface area contributed by atoms with E-state index in [0.29, 0.717) is 17.2 Å². The second kappa shape index (κ2) is 7.77. The van der Waals surface area contributed by atoms with Gasteiger partial charge in [0, 0.05) is 11.5 Å². The van der Waals surface area contributed by atoms with Crippen molar-refractivity contribution in [2.24, 2.45) is 0 Å². The van der Waals surface area contributed by atoms with Gasteiger partial charge in [0.2, 0.25) is 10.0 Å². The van der Waals surface area contributed by atoms with Crippen molar-refractivity contribution in [1.82, 2.24) is 0 Å². The van der Waals surface area contributed by atoms with E-state index >= 15 is 0 Å². The third-order valence-electron chi connectivity index (χ3n) is 2.81. The highest BCUT2D eigenvalue weighted by Gasteiger charge is 2.23. The number of nitrogens with one attached hydrogen (secondary N) is 1. The van der Waals surface area contributed by atoms with Gasteiger partial charge in [0.25, 0.3) is 0 Å². The fraction of sp³-hybridized carbons (Fsp3) is 0.615. The average Bonchev–Trinajstić information content (AvgIpc) is 2.64. The zero-order chi connectivity index (χ0) is 16.0. The molecule has 0 saturated carbocycles. The molecular formula is C13H21NO5S2. The molecular weight excluding hydrogens is 314 g/mol. The third kappa shape index (κ3) is 4.98. The van der Waals surface area contributed by atoms with Crippen LogP contribution < -0.4 is 4.72 Å². The molecule has 6 nitrogen and oxygen atoms in total. The number of hydrogen-bond donors (Lipinski definition) is 1. The smallest absolute Gasteiger partial charge is 0.341 e. The number of anilines is 1. The predicted octanol–water partition coefficient (Wildman–Crippen LogP) is 2.32. The Labute approximate surface area is 129 Å². The van der Waals surface area contributed by atoms with Gasteiger partial charge in [-0.1, -0.05) is 0 Å². The maximum atomic E-state index is 12.0. The van der Waals surface area contributed by atoms with Crippen LogP contribution in [0, 0.1) is 13.8 Å². The summed E-state index contributed by atoms with van der Waals surface area (Å²) in [6, 6.07) is 0. The van der Waals surface area contributed by atoms with Gasteiger partial charge in [-0.15, -0.1) is 11.3 Å². The molecule has 0 amide bonds. The van der Waals surface area contributed by atoms with Crippen LogP contribution >= 0.6 is 11.3 Å². The molecule has 120 valence electrons. The lowest BCUT2D eigenvalue weighted by atomic mass is 10.2. The lowest BCUT2D eigenvalue weighted by molar-refractivity contribution is 0.0527. The predicted molar refractivity (Wildman–Crippen MR) is 83.7 cm³/mol. The van der Waals surface area contributed by atoms with Gasteiger partial charge in [-0.25, -0.2) is 13.2 Å². The first-order chi connectivity index (χ1) is 9.82. The number of rotatable bonds is 8. The first-order valence-corrected chi connectivity index (χ1v) is 9.14. The summed E-state index contributed by atoms with van der Waals surface area (Å²) in [7, 11) is -3.55. The number of carbonyl (C=O) groups excluding carboxylic acids is 1. The van der Waals surface area contributed by atoms with E-state index in [1.54, 1.807) is 20.8 Å². The van der Waals surface area contributed by atoms with Gasteiger partial charge < -0.3 is 9.47 Å². The minimum absolute atomic E-state index is 0.115. The van der Waals surface area contributed by atoms with Crippen LogP contribution in [0.15, 0.2) is 0 Å². The second-order valence-corrected chi connectivity index (χ2v) is 7.39. The Morgan fingerprint density at radius 2 is 1.90 bits per heavy atom. The van der Waals surface area contributed by atoms with E-state index in [9.17, 15) is 13.2 Å². The summed E-state index contributed by atoms with van der Waals surface area (Å²) in [5.41, 5.74) is 1.03. The summed E-state index contributed by atoms with van der Waals surface area (Å²) in [5.74, 6) is -0.666. The first kappa shape index (κ1) is 17.9.